The lowest BCUT2D eigenvalue weighted by Gasteiger charge is -2.19. The quantitative estimate of drug-likeness (QED) is 0.751. The van der Waals surface area contributed by atoms with Crippen LogP contribution < -0.4 is 5.32 Å². The Morgan fingerprint density at radius 2 is 1.95 bits per heavy atom. The molecule has 0 radical (unpaired) electrons. The summed E-state index contributed by atoms with van der Waals surface area (Å²) in [5.74, 6) is -1.26. The number of benzene rings is 1. The van der Waals surface area contributed by atoms with Crippen LogP contribution in [0.3, 0.4) is 0 Å². The van der Waals surface area contributed by atoms with Crippen molar-refractivity contribution in [3.63, 3.8) is 0 Å². The number of hydrogen-bond acceptors (Lipinski definition) is 3. The van der Waals surface area contributed by atoms with Gasteiger partial charge in [0.25, 0.3) is 0 Å². The van der Waals surface area contributed by atoms with E-state index < -0.39 is 11.9 Å². The fraction of sp³-hybridized carbons (Fsp3) is 0.533. The van der Waals surface area contributed by atoms with Gasteiger partial charge in [-0.2, -0.15) is 0 Å². The Labute approximate surface area is 115 Å². The molecule has 4 heteroatoms. The van der Waals surface area contributed by atoms with Crippen molar-refractivity contribution in [2.24, 2.45) is 0 Å². The summed E-state index contributed by atoms with van der Waals surface area (Å²) in [6.07, 6.45) is 1.01. The first kappa shape index (κ1) is 15.7. The molecule has 2 N–H and O–H groups in total. The van der Waals surface area contributed by atoms with E-state index in [1.807, 2.05) is 44.4 Å². The third kappa shape index (κ3) is 5.85. The zero-order valence-corrected chi connectivity index (χ0v) is 12.0. The van der Waals surface area contributed by atoms with Crippen molar-refractivity contribution in [2.45, 2.75) is 25.3 Å². The molecule has 0 amide bonds. The number of carboxylic acids is 1. The minimum absolute atomic E-state index is 0.313. The Balaban J connectivity index is 2.49. The number of nitrogens with one attached hydrogen (secondary N) is 1. The fourth-order valence-electron chi connectivity index (χ4n) is 1.91. The van der Waals surface area contributed by atoms with Gasteiger partial charge >= 0.3 is 5.97 Å². The van der Waals surface area contributed by atoms with Crippen molar-refractivity contribution >= 4 is 5.97 Å². The van der Waals surface area contributed by atoms with Crippen LogP contribution in [0.1, 0.15) is 24.8 Å². The van der Waals surface area contributed by atoms with Gasteiger partial charge in [-0.25, -0.2) is 0 Å². The average molecular weight is 264 g/mol. The lowest BCUT2D eigenvalue weighted by molar-refractivity contribution is -0.138. The number of carbonyl (C=O) groups is 1. The van der Waals surface area contributed by atoms with Crippen LogP contribution in [0, 0.1) is 0 Å². The van der Waals surface area contributed by atoms with Gasteiger partial charge in [-0.1, -0.05) is 30.3 Å². The molecule has 1 aromatic rings. The number of nitrogens with zero attached hydrogens (tertiary/aromatic N) is 1. The lowest BCUT2D eigenvalue weighted by Crippen LogP contribution is -2.35. The van der Waals surface area contributed by atoms with E-state index in [1.54, 1.807) is 0 Å². The monoisotopic (exact) mass is 264 g/mol. The molecule has 0 aliphatic carbocycles. The summed E-state index contributed by atoms with van der Waals surface area (Å²) < 4.78 is 0. The summed E-state index contributed by atoms with van der Waals surface area (Å²) in [5, 5.41) is 12.6. The van der Waals surface area contributed by atoms with E-state index >= 15 is 0 Å². The number of hydrogen-bond donors (Lipinski definition) is 2. The van der Waals surface area contributed by atoms with Crippen LogP contribution in [-0.2, 0) is 4.79 Å². The highest BCUT2D eigenvalue weighted by atomic mass is 16.4. The smallest absolute Gasteiger partial charge is 0.312 e. The summed E-state index contributed by atoms with van der Waals surface area (Å²) in [6.45, 7) is 3.55. The lowest BCUT2D eigenvalue weighted by atomic mass is 9.99. The van der Waals surface area contributed by atoms with E-state index in [2.05, 4.69) is 17.1 Å². The van der Waals surface area contributed by atoms with Crippen molar-refractivity contribution in [3.8, 4) is 0 Å². The second kappa shape index (κ2) is 7.92. The molecule has 0 bridgehead atoms. The molecule has 0 fully saturated rings. The predicted octanol–water partition coefficient (Wildman–Crippen LogP) is 1.78. The van der Waals surface area contributed by atoms with Gasteiger partial charge in [-0.05, 0) is 39.5 Å². The van der Waals surface area contributed by atoms with E-state index in [0.29, 0.717) is 12.6 Å². The molecule has 0 heterocycles. The largest absolute Gasteiger partial charge is 0.481 e. The van der Waals surface area contributed by atoms with Crippen LogP contribution in [0.2, 0.25) is 0 Å². The molecule has 2 unspecified atom stereocenters. The maximum Gasteiger partial charge on any atom is 0.312 e. The molecule has 0 spiro atoms. The Bertz CT molecular complexity index is 379. The van der Waals surface area contributed by atoms with Crippen LogP contribution in [-0.4, -0.2) is 49.2 Å². The van der Waals surface area contributed by atoms with Gasteiger partial charge in [0.2, 0.25) is 0 Å². The SMILES string of the molecule is CC(CCN(C)C)NCC(C(=O)O)c1ccccc1. The highest BCUT2D eigenvalue weighted by molar-refractivity contribution is 5.76. The third-order valence-electron chi connectivity index (χ3n) is 3.18. The van der Waals surface area contributed by atoms with Gasteiger partial charge in [0.05, 0.1) is 5.92 Å². The van der Waals surface area contributed by atoms with Gasteiger partial charge in [0, 0.05) is 12.6 Å². The fourth-order valence-corrected chi connectivity index (χ4v) is 1.91. The van der Waals surface area contributed by atoms with E-state index in [9.17, 15) is 9.90 Å². The van der Waals surface area contributed by atoms with E-state index in [4.69, 9.17) is 0 Å². The molecule has 0 saturated carbocycles. The van der Waals surface area contributed by atoms with Gasteiger partial charge in [0.15, 0.2) is 0 Å². The van der Waals surface area contributed by atoms with Crippen molar-refractivity contribution in [1.29, 1.82) is 0 Å². The summed E-state index contributed by atoms with van der Waals surface area (Å²) in [4.78, 5) is 13.5. The van der Waals surface area contributed by atoms with E-state index in [-0.39, 0.29) is 0 Å². The van der Waals surface area contributed by atoms with Crippen molar-refractivity contribution in [1.82, 2.24) is 10.2 Å². The molecule has 2 atom stereocenters. The summed E-state index contributed by atoms with van der Waals surface area (Å²) in [5.41, 5.74) is 0.849. The van der Waals surface area contributed by atoms with Crippen LogP contribution in [0.25, 0.3) is 0 Å². The maximum atomic E-state index is 11.3. The molecule has 0 aliphatic heterocycles. The topological polar surface area (TPSA) is 52.6 Å². The Kier molecular flexibility index (Phi) is 6.53. The maximum absolute atomic E-state index is 11.3. The van der Waals surface area contributed by atoms with E-state index in [0.717, 1.165) is 18.5 Å². The number of carboxylic acid groups (broad SMARTS) is 1. The van der Waals surface area contributed by atoms with Crippen LogP contribution in [0.5, 0.6) is 0 Å². The minimum Gasteiger partial charge on any atom is -0.481 e. The summed E-state index contributed by atoms with van der Waals surface area (Å²) in [7, 11) is 4.08. The molecule has 0 aliphatic rings. The first-order valence-electron chi connectivity index (χ1n) is 6.66. The third-order valence-corrected chi connectivity index (χ3v) is 3.18. The molecule has 106 valence electrons. The summed E-state index contributed by atoms with van der Waals surface area (Å²) >= 11 is 0. The second-order valence-corrected chi connectivity index (χ2v) is 5.20. The number of aliphatic carboxylic acids is 1. The van der Waals surface area contributed by atoms with Crippen LogP contribution in [0.4, 0.5) is 0 Å². The Hall–Kier alpha value is -1.39. The van der Waals surface area contributed by atoms with Gasteiger partial charge in [-0.15, -0.1) is 0 Å². The number of rotatable bonds is 8. The highest BCUT2D eigenvalue weighted by Crippen LogP contribution is 2.15. The van der Waals surface area contributed by atoms with Gasteiger partial charge < -0.3 is 15.3 Å². The molecule has 19 heavy (non-hydrogen) atoms. The first-order valence-corrected chi connectivity index (χ1v) is 6.66. The van der Waals surface area contributed by atoms with Crippen molar-refractivity contribution in [3.05, 3.63) is 35.9 Å². The minimum atomic E-state index is -0.779. The Morgan fingerprint density at radius 1 is 1.32 bits per heavy atom. The molecule has 4 nitrogen and oxygen atoms in total. The zero-order valence-electron chi connectivity index (χ0n) is 12.0. The zero-order chi connectivity index (χ0) is 14.3. The molecule has 0 saturated heterocycles. The van der Waals surface area contributed by atoms with E-state index in [1.165, 1.54) is 0 Å². The normalized spacial score (nSPS) is 14.3. The average Bonchev–Trinajstić information content (AvgIpc) is 2.37. The highest BCUT2D eigenvalue weighted by Gasteiger charge is 2.19. The molecule has 1 aromatic carbocycles. The van der Waals surface area contributed by atoms with Crippen molar-refractivity contribution in [2.75, 3.05) is 27.2 Å². The predicted molar refractivity (Wildman–Crippen MR) is 77.5 cm³/mol. The van der Waals surface area contributed by atoms with Crippen LogP contribution in [0.15, 0.2) is 30.3 Å². The molecular formula is C15H24N2O2. The standard InChI is InChI=1S/C15H24N2O2/c1-12(9-10-17(2)3)16-11-14(15(18)19)13-7-5-4-6-8-13/h4-8,12,14,16H,9-11H2,1-3H3,(H,18,19). The molecule has 1 rings (SSSR count). The molecular weight excluding hydrogens is 240 g/mol. The first-order chi connectivity index (χ1) is 9.00. The van der Waals surface area contributed by atoms with Gasteiger partial charge in [0.1, 0.15) is 0 Å². The summed E-state index contributed by atoms with van der Waals surface area (Å²) in [6, 6.07) is 9.69. The van der Waals surface area contributed by atoms with Crippen molar-refractivity contribution < 1.29 is 9.90 Å². The van der Waals surface area contributed by atoms with Crippen LogP contribution >= 0.6 is 0 Å². The second-order valence-electron chi connectivity index (χ2n) is 5.20. The molecule has 0 aromatic heterocycles. The van der Waals surface area contributed by atoms with Gasteiger partial charge in [-0.3, -0.25) is 4.79 Å². The Morgan fingerprint density at radius 3 is 2.47 bits per heavy atom.